The largest absolute Gasteiger partial charge is 0.416 e. The molecular weight excluding hydrogens is 499 g/mol. The molecular formula is C26H23F5N2O4. The lowest BCUT2D eigenvalue weighted by Gasteiger charge is -2.33. The van der Waals surface area contributed by atoms with E-state index in [4.69, 9.17) is 0 Å². The number of carbonyl (C=O) groups is 3. The minimum Gasteiger partial charge on any atom is -0.385 e. The maximum absolute atomic E-state index is 14.2. The third kappa shape index (κ3) is 5.27. The summed E-state index contributed by atoms with van der Waals surface area (Å²) in [6.07, 6.45) is -5.64. The van der Waals surface area contributed by atoms with Crippen molar-refractivity contribution < 1.29 is 41.4 Å². The number of amides is 2. The van der Waals surface area contributed by atoms with Crippen LogP contribution < -0.4 is 10.2 Å². The monoisotopic (exact) mass is 522 g/mol. The van der Waals surface area contributed by atoms with E-state index in [2.05, 4.69) is 5.32 Å². The predicted octanol–water partition coefficient (Wildman–Crippen LogP) is 4.54. The highest BCUT2D eigenvalue weighted by atomic mass is 19.4. The zero-order chi connectivity index (χ0) is 27.1. The van der Waals surface area contributed by atoms with E-state index in [0.29, 0.717) is 27.8 Å². The van der Waals surface area contributed by atoms with Crippen LogP contribution in [-0.4, -0.2) is 41.3 Å². The molecule has 11 heteroatoms. The molecule has 2 amide bonds. The van der Waals surface area contributed by atoms with Gasteiger partial charge in [0, 0.05) is 43.1 Å². The van der Waals surface area contributed by atoms with Gasteiger partial charge in [-0.25, -0.2) is 0 Å². The van der Waals surface area contributed by atoms with E-state index < -0.39 is 42.0 Å². The molecule has 1 atom stereocenters. The Morgan fingerprint density at radius 3 is 2.57 bits per heavy atom. The number of fused-ring (bicyclic) bond motifs is 2. The van der Waals surface area contributed by atoms with Crippen molar-refractivity contribution in [1.82, 2.24) is 0 Å². The van der Waals surface area contributed by atoms with Crippen LogP contribution in [0.2, 0.25) is 0 Å². The molecule has 0 saturated heterocycles. The topological polar surface area (TPSA) is 86.7 Å². The number of halogens is 5. The molecule has 0 aromatic heterocycles. The van der Waals surface area contributed by atoms with Gasteiger partial charge in [-0.15, -0.1) is 0 Å². The lowest BCUT2D eigenvalue weighted by molar-refractivity contribution is -0.143. The van der Waals surface area contributed by atoms with Gasteiger partial charge in [-0.3, -0.25) is 14.4 Å². The Morgan fingerprint density at radius 2 is 1.89 bits per heavy atom. The van der Waals surface area contributed by atoms with Gasteiger partial charge in [0.25, 0.3) is 5.91 Å². The maximum Gasteiger partial charge on any atom is 0.416 e. The van der Waals surface area contributed by atoms with Gasteiger partial charge in [0.05, 0.1) is 11.3 Å². The minimum absolute atomic E-state index is 0.0163. The van der Waals surface area contributed by atoms with Crippen LogP contribution in [0.25, 0.3) is 5.57 Å². The molecule has 0 saturated carbocycles. The van der Waals surface area contributed by atoms with E-state index in [1.54, 1.807) is 18.2 Å². The van der Waals surface area contributed by atoms with E-state index in [1.165, 1.54) is 0 Å². The fourth-order valence-corrected chi connectivity index (χ4v) is 4.50. The molecule has 0 spiro atoms. The Hall–Kier alpha value is -3.60. The van der Waals surface area contributed by atoms with Crippen LogP contribution >= 0.6 is 0 Å². The molecule has 1 aliphatic carbocycles. The molecule has 6 nitrogen and oxygen atoms in total. The van der Waals surface area contributed by atoms with Crippen molar-refractivity contribution in [3.05, 3.63) is 64.7 Å². The number of ketones is 1. The molecule has 1 heterocycles. The first-order valence-electron chi connectivity index (χ1n) is 11.6. The Kier molecular flexibility index (Phi) is 6.93. The summed E-state index contributed by atoms with van der Waals surface area (Å²) in [4.78, 5) is 37.8. The molecule has 2 aromatic carbocycles. The van der Waals surface area contributed by atoms with E-state index in [9.17, 15) is 41.4 Å². The number of hydrogen-bond acceptors (Lipinski definition) is 4. The van der Waals surface area contributed by atoms with Crippen LogP contribution in [0.1, 0.15) is 42.0 Å². The van der Waals surface area contributed by atoms with Crippen molar-refractivity contribution in [2.45, 2.75) is 50.8 Å². The maximum atomic E-state index is 14.2. The molecule has 2 aliphatic rings. The summed E-state index contributed by atoms with van der Waals surface area (Å²) < 4.78 is 68.4. The van der Waals surface area contributed by atoms with Crippen molar-refractivity contribution in [3.63, 3.8) is 0 Å². The second-order valence-corrected chi connectivity index (χ2v) is 8.96. The molecule has 0 radical (unpaired) electrons. The highest BCUT2D eigenvalue weighted by molar-refractivity contribution is 6.08. The number of alkyl halides is 5. The Morgan fingerprint density at radius 1 is 1.16 bits per heavy atom. The highest BCUT2D eigenvalue weighted by Gasteiger charge is 2.43. The number of rotatable bonds is 4. The fourth-order valence-electron chi connectivity index (χ4n) is 4.50. The number of hydrogen-bond donors (Lipinski definition) is 2. The van der Waals surface area contributed by atoms with Gasteiger partial charge in [0.2, 0.25) is 5.91 Å². The van der Waals surface area contributed by atoms with Crippen molar-refractivity contribution in [2.24, 2.45) is 0 Å². The number of carbonyl (C=O) groups excluding carboxylic acids is 3. The Balaban J connectivity index is 1.68. The van der Waals surface area contributed by atoms with E-state index in [0.717, 1.165) is 25.1 Å². The zero-order valence-corrected chi connectivity index (χ0v) is 19.7. The number of aliphatic hydroxyl groups excluding tert-OH is 1. The van der Waals surface area contributed by atoms with Crippen LogP contribution in [0.5, 0.6) is 0 Å². The normalized spacial score (nSPS) is 18.9. The molecule has 0 fully saturated rings. The summed E-state index contributed by atoms with van der Waals surface area (Å²) in [6.45, 7) is 0.763. The standard InChI is InChI=1S/C26H23F5N2O4/c1-2-25(27,28)24(37)33-9-8-15(17-7-6-16(12-20(17)33)26(29,30)31)11-23(36)32-19-5-3-4-14-10-21(34)22(35)13-18(14)19/h3-7,11-12,22,35H,2,8-10,13H2,1H3,(H,32,36)/b15-11+. The number of anilines is 2. The first-order chi connectivity index (χ1) is 17.3. The van der Waals surface area contributed by atoms with Crippen molar-refractivity contribution in [1.29, 1.82) is 0 Å². The summed E-state index contributed by atoms with van der Waals surface area (Å²) >= 11 is 0. The molecule has 2 aromatic rings. The average Bonchev–Trinajstić information content (AvgIpc) is 2.84. The molecule has 4 rings (SSSR count). The molecule has 1 aliphatic heterocycles. The van der Waals surface area contributed by atoms with Gasteiger partial charge in [-0.05, 0) is 41.3 Å². The van der Waals surface area contributed by atoms with Crippen molar-refractivity contribution in [2.75, 3.05) is 16.8 Å². The van der Waals surface area contributed by atoms with Gasteiger partial charge >= 0.3 is 12.1 Å². The van der Waals surface area contributed by atoms with Crippen LogP contribution in [0.4, 0.5) is 33.3 Å². The van der Waals surface area contributed by atoms with Gasteiger partial charge in [-0.2, -0.15) is 22.0 Å². The summed E-state index contributed by atoms with van der Waals surface area (Å²) in [6, 6.07) is 7.40. The summed E-state index contributed by atoms with van der Waals surface area (Å²) in [5.41, 5.74) is 0.494. The first-order valence-corrected chi connectivity index (χ1v) is 11.6. The van der Waals surface area contributed by atoms with Gasteiger partial charge in [0.1, 0.15) is 6.10 Å². The minimum atomic E-state index is -4.77. The van der Waals surface area contributed by atoms with Crippen LogP contribution in [0.15, 0.2) is 42.5 Å². The number of Topliss-reactive ketones (excluding diaryl/α,β-unsaturated/α-hetero) is 1. The smallest absolute Gasteiger partial charge is 0.385 e. The molecule has 37 heavy (non-hydrogen) atoms. The first kappa shape index (κ1) is 26.5. The van der Waals surface area contributed by atoms with Crippen LogP contribution in [0, 0.1) is 0 Å². The van der Waals surface area contributed by atoms with E-state index in [1.807, 2.05) is 0 Å². The lowest BCUT2D eigenvalue weighted by Crippen LogP contribution is -2.45. The van der Waals surface area contributed by atoms with Crippen LogP contribution in [0.3, 0.4) is 0 Å². The van der Waals surface area contributed by atoms with Crippen LogP contribution in [-0.2, 0) is 33.4 Å². The quantitative estimate of drug-likeness (QED) is 0.456. The highest BCUT2D eigenvalue weighted by Crippen LogP contribution is 2.41. The summed E-state index contributed by atoms with van der Waals surface area (Å²) in [5, 5.41) is 12.6. The second-order valence-electron chi connectivity index (χ2n) is 8.96. The summed E-state index contributed by atoms with van der Waals surface area (Å²) in [7, 11) is 0. The lowest BCUT2D eigenvalue weighted by atomic mass is 9.87. The summed E-state index contributed by atoms with van der Waals surface area (Å²) in [5.74, 6) is -6.34. The molecule has 196 valence electrons. The van der Waals surface area contributed by atoms with Crippen molar-refractivity contribution >= 4 is 34.5 Å². The fraction of sp³-hybridized carbons (Fsp3) is 0.346. The zero-order valence-electron chi connectivity index (χ0n) is 19.7. The predicted molar refractivity (Wildman–Crippen MR) is 125 cm³/mol. The van der Waals surface area contributed by atoms with Gasteiger partial charge in [-0.1, -0.05) is 25.1 Å². The molecule has 0 bridgehead atoms. The number of nitrogens with one attached hydrogen (secondary N) is 1. The number of benzene rings is 2. The number of nitrogens with zero attached hydrogens (tertiary/aromatic N) is 1. The van der Waals surface area contributed by atoms with Gasteiger partial charge in [0.15, 0.2) is 5.78 Å². The number of aliphatic hydroxyl groups is 1. The van der Waals surface area contributed by atoms with Gasteiger partial charge < -0.3 is 15.3 Å². The Labute approximate surface area is 208 Å². The average molecular weight is 522 g/mol. The third-order valence-electron chi connectivity index (χ3n) is 6.54. The second kappa shape index (κ2) is 9.70. The Bertz CT molecular complexity index is 1300. The molecule has 2 N–H and O–H groups in total. The van der Waals surface area contributed by atoms with Crippen molar-refractivity contribution in [3.8, 4) is 0 Å². The van der Waals surface area contributed by atoms with E-state index >= 15 is 0 Å². The molecule has 1 unspecified atom stereocenters. The van der Waals surface area contributed by atoms with E-state index in [-0.39, 0.29) is 48.4 Å². The third-order valence-corrected chi connectivity index (χ3v) is 6.54. The SMILES string of the molecule is CCC(F)(F)C(=O)N1CC/C(=C\C(=O)Nc2cccc3c2CC(O)C(=O)C3)c2ccc(C(F)(F)F)cc21.